The van der Waals surface area contributed by atoms with Crippen LogP contribution in [0.25, 0.3) is 0 Å². The smallest absolute Gasteiger partial charge is 0.306 e. The molecule has 0 aromatic heterocycles. The number of halogens is 1. The Morgan fingerprint density at radius 2 is 2.11 bits per heavy atom. The molecule has 1 aromatic carbocycles. The van der Waals surface area contributed by atoms with Gasteiger partial charge in [0.05, 0.1) is 5.92 Å². The summed E-state index contributed by atoms with van der Waals surface area (Å²) in [5.41, 5.74) is 1.54. The van der Waals surface area contributed by atoms with Gasteiger partial charge in [-0.1, -0.05) is 15.9 Å². The molecule has 0 heterocycles. The Hall–Kier alpha value is -1.36. The quantitative estimate of drug-likeness (QED) is 0.897. The summed E-state index contributed by atoms with van der Waals surface area (Å²) < 4.78 is 0.938. The number of hydrogen-bond acceptors (Lipinski definition) is 2. The van der Waals surface area contributed by atoms with Crippen LogP contribution in [0.1, 0.15) is 35.2 Å². The van der Waals surface area contributed by atoms with Crippen molar-refractivity contribution in [2.45, 2.75) is 32.2 Å². The van der Waals surface area contributed by atoms with Crippen molar-refractivity contribution in [3.05, 3.63) is 33.8 Å². The second-order valence-electron chi connectivity index (χ2n) is 4.98. The van der Waals surface area contributed by atoms with Crippen LogP contribution in [0.3, 0.4) is 0 Å². The molecule has 2 N–H and O–H groups in total. The van der Waals surface area contributed by atoms with E-state index in [2.05, 4.69) is 21.2 Å². The van der Waals surface area contributed by atoms with Gasteiger partial charge >= 0.3 is 5.97 Å². The number of nitrogens with one attached hydrogen (secondary N) is 1. The molecule has 1 saturated carbocycles. The highest BCUT2D eigenvalue weighted by Gasteiger charge is 2.30. The third-order valence-electron chi connectivity index (χ3n) is 3.55. The minimum absolute atomic E-state index is 0.0309. The van der Waals surface area contributed by atoms with Crippen LogP contribution >= 0.6 is 15.9 Å². The molecule has 1 fully saturated rings. The van der Waals surface area contributed by atoms with Gasteiger partial charge in [0.15, 0.2) is 0 Å². The van der Waals surface area contributed by atoms with Crippen LogP contribution in [-0.4, -0.2) is 23.0 Å². The number of hydrogen-bond donors (Lipinski definition) is 2. The molecule has 1 aliphatic rings. The van der Waals surface area contributed by atoms with Crippen LogP contribution in [0.15, 0.2) is 22.7 Å². The Labute approximate surface area is 120 Å². The fraction of sp³-hybridized carbons (Fsp3) is 0.429. The average Bonchev–Trinajstić information content (AvgIpc) is 2.77. The summed E-state index contributed by atoms with van der Waals surface area (Å²) in [6, 6.07) is 5.47. The summed E-state index contributed by atoms with van der Waals surface area (Å²) in [5, 5.41) is 11.9. The van der Waals surface area contributed by atoms with E-state index in [1.54, 1.807) is 6.07 Å². The predicted molar refractivity (Wildman–Crippen MR) is 75.1 cm³/mol. The number of aliphatic carboxylic acids is 1. The van der Waals surface area contributed by atoms with Crippen molar-refractivity contribution < 1.29 is 14.7 Å². The Morgan fingerprint density at radius 1 is 1.37 bits per heavy atom. The first-order chi connectivity index (χ1) is 8.97. The fourth-order valence-corrected chi connectivity index (χ4v) is 2.96. The molecular formula is C14H16BrNO3. The predicted octanol–water partition coefficient (Wildman–Crippen LogP) is 2.74. The van der Waals surface area contributed by atoms with E-state index in [1.165, 1.54) is 0 Å². The van der Waals surface area contributed by atoms with Gasteiger partial charge in [-0.2, -0.15) is 0 Å². The number of aryl methyl sites for hydroxylation is 1. The minimum Gasteiger partial charge on any atom is -0.481 e. The molecule has 0 spiro atoms. The Bertz CT molecular complexity index is 515. The molecule has 0 aliphatic heterocycles. The molecule has 2 atom stereocenters. The Balaban J connectivity index is 2.00. The number of amides is 1. The molecule has 0 saturated heterocycles. The first-order valence-electron chi connectivity index (χ1n) is 6.27. The van der Waals surface area contributed by atoms with Gasteiger partial charge in [-0.05, 0) is 49.9 Å². The van der Waals surface area contributed by atoms with Crippen molar-refractivity contribution in [3.63, 3.8) is 0 Å². The number of benzene rings is 1. The maximum Gasteiger partial charge on any atom is 0.306 e. The van der Waals surface area contributed by atoms with Crippen molar-refractivity contribution in [1.29, 1.82) is 0 Å². The zero-order chi connectivity index (χ0) is 14.0. The molecule has 1 aromatic rings. The van der Waals surface area contributed by atoms with E-state index >= 15 is 0 Å². The monoisotopic (exact) mass is 325 g/mol. The first kappa shape index (κ1) is 14.1. The molecular weight excluding hydrogens is 310 g/mol. The van der Waals surface area contributed by atoms with E-state index < -0.39 is 5.97 Å². The highest BCUT2D eigenvalue weighted by Crippen LogP contribution is 2.26. The minimum atomic E-state index is -0.767. The number of carbonyl (C=O) groups is 2. The van der Waals surface area contributed by atoms with E-state index in [1.807, 2.05) is 19.1 Å². The van der Waals surface area contributed by atoms with Crippen LogP contribution in [0.4, 0.5) is 0 Å². The first-order valence-corrected chi connectivity index (χ1v) is 7.06. The van der Waals surface area contributed by atoms with E-state index in [-0.39, 0.29) is 17.9 Å². The second kappa shape index (κ2) is 5.74. The van der Waals surface area contributed by atoms with Crippen molar-refractivity contribution in [1.82, 2.24) is 5.32 Å². The highest BCUT2D eigenvalue weighted by atomic mass is 79.9. The van der Waals surface area contributed by atoms with Crippen LogP contribution in [0.2, 0.25) is 0 Å². The summed E-state index contributed by atoms with van der Waals surface area (Å²) in [5.74, 6) is -1.21. The number of carboxylic acids is 1. The van der Waals surface area contributed by atoms with Gasteiger partial charge in [0.25, 0.3) is 5.91 Å². The fourth-order valence-electron chi connectivity index (χ4n) is 2.48. The van der Waals surface area contributed by atoms with Gasteiger partial charge in [0, 0.05) is 16.1 Å². The summed E-state index contributed by atoms with van der Waals surface area (Å²) in [6.45, 7) is 1.88. The van der Waals surface area contributed by atoms with Gasteiger partial charge in [-0.3, -0.25) is 9.59 Å². The molecule has 0 bridgehead atoms. The van der Waals surface area contributed by atoms with E-state index in [0.717, 1.165) is 16.5 Å². The Morgan fingerprint density at radius 3 is 2.68 bits per heavy atom. The van der Waals surface area contributed by atoms with Crippen LogP contribution in [-0.2, 0) is 4.79 Å². The van der Waals surface area contributed by atoms with E-state index in [4.69, 9.17) is 5.11 Å². The van der Waals surface area contributed by atoms with Gasteiger partial charge in [-0.15, -0.1) is 0 Å². The third-order valence-corrected chi connectivity index (χ3v) is 4.04. The molecule has 19 heavy (non-hydrogen) atoms. The number of carboxylic acid groups (broad SMARTS) is 1. The molecule has 1 amide bonds. The SMILES string of the molecule is Cc1cc(Br)ccc1C(=O)N[C@H]1CC[C@@H](C(=O)O)C1. The molecule has 1 aliphatic carbocycles. The summed E-state index contributed by atoms with van der Waals surface area (Å²) in [6.07, 6.45) is 1.90. The molecule has 5 heteroatoms. The lowest BCUT2D eigenvalue weighted by atomic mass is 10.1. The largest absolute Gasteiger partial charge is 0.481 e. The lowest BCUT2D eigenvalue weighted by Crippen LogP contribution is -2.33. The molecule has 2 rings (SSSR count). The molecule has 4 nitrogen and oxygen atoms in total. The van der Waals surface area contributed by atoms with Crippen LogP contribution in [0, 0.1) is 12.8 Å². The maximum atomic E-state index is 12.1. The van der Waals surface area contributed by atoms with Gasteiger partial charge in [0.2, 0.25) is 0 Å². The van der Waals surface area contributed by atoms with Crippen molar-refractivity contribution in [3.8, 4) is 0 Å². The molecule has 0 radical (unpaired) electrons. The third kappa shape index (κ3) is 3.35. The maximum absolute atomic E-state index is 12.1. The van der Waals surface area contributed by atoms with Gasteiger partial charge in [-0.25, -0.2) is 0 Å². The van der Waals surface area contributed by atoms with Crippen LogP contribution < -0.4 is 5.32 Å². The zero-order valence-electron chi connectivity index (χ0n) is 10.6. The van der Waals surface area contributed by atoms with E-state index in [0.29, 0.717) is 18.4 Å². The average molecular weight is 326 g/mol. The molecule has 102 valence electrons. The second-order valence-corrected chi connectivity index (χ2v) is 5.89. The van der Waals surface area contributed by atoms with Crippen LogP contribution in [0.5, 0.6) is 0 Å². The van der Waals surface area contributed by atoms with Gasteiger partial charge in [0.1, 0.15) is 0 Å². The topological polar surface area (TPSA) is 66.4 Å². The van der Waals surface area contributed by atoms with Gasteiger partial charge < -0.3 is 10.4 Å². The summed E-state index contributed by atoms with van der Waals surface area (Å²) in [7, 11) is 0. The van der Waals surface area contributed by atoms with E-state index in [9.17, 15) is 9.59 Å². The van der Waals surface area contributed by atoms with Crippen molar-refractivity contribution >= 4 is 27.8 Å². The van der Waals surface area contributed by atoms with Crippen molar-refractivity contribution in [2.75, 3.05) is 0 Å². The normalized spacial score (nSPS) is 22.2. The lowest BCUT2D eigenvalue weighted by Gasteiger charge is -2.13. The molecule has 0 unspecified atom stereocenters. The number of rotatable bonds is 3. The standard InChI is InChI=1S/C14H16BrNO3/c1-8-6-10(15)3-5-12(8)13(17)16-11-4-2-9(7-11)14(18)19/h3,5-6,9,11H,2,4,7H2,1H3,(H,16,17)(H,18,19)/t9-,11+/m1/s1. The van der Waals surface area contributed by atoms with Crippen molar-refractivity contribution in [2.24, 2.45) is 5.92 Å². The summed E-state index contributed by atoms with van der Waals surface area (Å²) in [4.78, 5) is 23.0. The lowest BCUT2D eigenvalue weighted by molar-refractivity contribution is -0.141. The zero-order valence-corrected chi connectivity index (χ0v) is 12.2. The summed E-state index contributed by atoms with van der Waals surface area (Å²) >= 11 is 3.36. The Kier molecular flexibility index (Phi) is 4.24. The number of carbonyl (C=O) groups excluding carboxylic acids is 1. The highest BCUT2D eigenvalue weighted by molar-refractivity contribution is 9.10.